The molecule has 0 spiro atoms. The van der Waals surface area contributed by atoms with Crippen molar-refractivity contribution in [3.05, 3.63) is 34.1 Å². The van der Waals surface area contributed by atoms with Gasteiger partial charge in [0.15, 0.2) is 0 Å². The second kappa shape index (κ2) is 6.52. The summed E-state index contributed by atoms with van der Waals surface area (Å²) < 4.78 is 49.5. The third kappa shape index (κ3) is 4.94. The van der Waals surface area contributed by atoms with Crippen LogP contribution in [0.15, 0.2) is 22.7 Å². The molecule has 0 aromatic heterocycles. The van der Waals surface area contributed by atoms with Crippen LogP contribution in [0, 0.1) is 5.82 Å². The van der Waals surface area contributed by atoms with Crippen molar-refractivity contribution in [3.8, 4) is 0 Å². The van der Waals surface area contributed by atoms with Crippen LogP contribution in [0.5, 0.6) is 0 Å². The Morgan fingerprint density at radius 3 is 2.50 bits per heavy atom. The number of nitrogens with one attached hydrogen (secondary N) is 1. The maximum absolute atomic E-state index is 13.1. The largest absolute Gasteiger partial charge is 0.389 e. The van der Waals surface area contributed by atoms with E-state index in [2.05, 4.69) is 21.2 Å². The Balaban J connectivity index is 2.63. The molecule has 1 aromatic carbocycles. The van der Waals surface area contributed by atoms with Gasteiger partial charge >= 0.3 is 6.18 Å². The Morgan fingerprint density at radius 2 is 2.00 bits per heavy atom. The van der Waals surface area contributed by atoms with Gasteiger partial charge in [0.2, 0.25) is 0 Å². The lowest BCUT2D eigenvalue weighted by Crippen LogP contribution is -2.17. The predicted molar refractivity (Wildman–Crippen MR) is 65.8 cm³/mol. The summed E-state index contributed by atoms with van der Waals surface area (Å²) in [6.45, 7) is 0. The molecule has 1 nitrogen and oxygen atoms in total. The lowest BCUT2D eigenvalue weighted by atomic mass is 10.0. The van der Waals surface area contributed by atoms with Crippen molar-refractivity contribution in [1.82, 2.24) is 5.32 Å². The van der Waals surface area contributed by atoms with Gasteiger partial charge in [-0.1, -0.05) is 6.07 Å². The van der Waals surface area contributed by atoms with Gasteiger partial charge in [-0.3, -0.25) is 0 Å². The summed E-state index contributed by atoms with van der Waals surface area (Å²) in [6, 6.07) is 4.26. The van der Waals surface area contributed by atoms with E-state index in [-0.39, 0.29) is 18.3 Å². The van der Waals surface area contributed by atoms with E-state index in [0.29, 0.717) is 10.9 Å². The molecule has 1 unspecified atom stereocenters. The summed E-state index contributed by atoms with van der Waals surface area (Å²) in [4.78, 5) is 0. The van der Waals surface area contributed by atoms with Crippen LogP contribution >= 0.6 is 15.9 Å². The monoisotopic (exact) mass is 327 g/mol. The molecule has 0 aliphatic heterocycles. The highest BCUT2D eigenvalue weighted by atomic mass is 79.9. The smallest absolute Gasteiger partial charge is 0.313 e. The quantitative estimate of drug-likeness (QED) is 0.780. The highest BCUT2D eigenvalue weighted by Crippen LogP contribution is 2.28. The standard InChI is InChI=1S/C12H14BrF4N/c1-18-11(3-2-6-12(15,16)17)8-4-5-10(14)9(13)7-8/h4-5,7,11,18H,2-3,6H2,1H3. The summed E-state index contributed by atoms with van der Waals surface area (Å²) in [5.74, 6) is -0.385. The minimum atomic E-state index is -4.12. The van der Waals surface area contributed by atoms with E-state index in [4.69, 9.17) is 0 Å². The number of alkyl halides is 3. The molecule has 1 rings (SSSR count). The van der Waals surface area contributed by atoms with E-state index in [1.807, 2.05) is 0 Å². The average Bonchev–Trinajstić information content (AvgIpc) is 2.27. The zero-order valence-electron chi connectivity index (χ0n) is 9.82. The molecule has 0 radical (unpaired) electrons. The molecule has 1 atom stereocenters. The highest BCUT2D eigenvalue weighted by Gasteiger charge is 2.26. The molecule has 0 aliphatic carbocycles. The topological polar surface area (TPSA) is 12.0 Å². The fraction of sp³-hybridized carbons (Fsp3) is 0.500. The minimum absolute atomic E-state index is 0.0456. The van der Waals surface area contributed by atoms with Crippen LogP contribution in [-0.2, 0) is 0 Å². The van der Waals surface area contributed by atoms with Crippen molar-refractivity contribution in [2.24, 2.45) is 0 Å². The van der Waals surface area contributed by atoms with Crippen molar-refractivity contribution >= 4 is 15.9 Å². The van der Waals surface area contributed by atoms with E-state index in [1.165, 1.54) is 6.07 Å². The third-order valence-electron chi connectivity index (χ3n) is 2.65. The number of benzene rings is 1. The summed E-state index contributed by atoms with van der Waals surface area (Å²) >= 11 is 3.06. The Labute approximate surface area is 112 Å². The molecule has 0 saturated carbocycles. The molecule has 1 aromatic rings. The van der Waals surface area contributed by atoms with Crippen LogP contribution in [0.2, 0.25) is 0 Å². The summed E-state index contributed by atoms with van der Waals surface area (Å²) in [7, 11) is 1.68. The predicted octanol–water partition coefficient (Wildman–Crippen LogP) is 4.58. The van der Waals surface area contributed by atoms with Gasteiger partial charge in [0.05, 0.1) is 4.47 Å². The van der Waals surface area contributed by atoms with Crippen LogP contribution in [-0.4, -0.2) is 13.2 Å². The Bertz CT molecular complexity index is 392. The second-order valence-electron chi connectivity index (χ2n) is 4.02. The zero-order valence-corrected chi connectivity index (χ0v) is 11.4. The van der Waals surface area contributed by atoms with Crippen molar-refractivity contribution < 1.29 is 17.6 Å². The number of rotatable bonds is 5. The number of halogens is 5. The zero-order chi connectivity index (χ0) is 13.8. The summed E-state index contributed by atoms with van der Waals surface area (Å²) in [5.41, 5.74) is 0.771. The first kappa shape index (κ1) is 15.4. The first-order valence-electron chi connectivity index (χ1n) is 5.52. The fourth-order valence-corrected chi connectivity index (χ4v) is 2.11. The molecule has 102 valence electrons. The molecule has 0 fully saturated rings. The lowest BCUT2D eigenvalue weighted by molar-refractivity contribution is -0.135. The Kier molecular flexibility index (Phi) is 5.59. The van der Waals surface area contributed by atoms with Gasteiger partial charge in [-0.25, -0.2) is 4.39 Å². The normalized spacial score (nSPS) is 13.7. The van der Waals surface area contributed by atoms with Crippen molar-refractivity contribution in [3.63, 3.8) is 0 Å². The molecule has 0 aliphatic rings. The van der Waals surface area contributed by atoms with E-state index < -0.39 is 12.6 Å². The van der Waals surface area contributed by atoms with E-state index in [0.717, 1.165) is 5.56 Å². The second-order valence-corrected chi connectivity index (χ2v) is 4.88. The fourth-order valence-electron chi connectivity index (χ4n) is 1.71. The van der Waals surface area contributed by atoms with E-state index >= 15 is 0 Å². The molecule has 6 heteroatoms. The Hall–Kier alpha value is -0.620. The lowest BCUT2D eigenvalue weighted by Gasteiger charge is -2.17. The minimum Gasteiger partial charge on any atom is -0.313 e. The average molecular weight is 328 g/mol. The summed E-state index contributed by atoms with van der Waals surface area (Å²) in [5, 5.41) is 2.94. The molecular weight excluding hydrogens is 314 g/mol. The van der Waals surface area contributed by atoms with Gasteiger partial charge in [0.1, 0.15) is 5.82 Å². The highest BCUT2D eigenvalue weighted by molar-refractivity contribution is 9.10. The SMILES string of the molecule is CNC(CCCC(F)(F)F)c1ccc(F)c(Br)c1. The van der Waals surface area contributed by atoms with Crippen LogP contribution in [0.25, 0.3) is 0 Å². The van der Waals surface area contributed by atoms with Gasteiger partial charge in [0, 0.05) is 12.5 Å². The van der Waals surface area contributed by atoms with E-state index in [1.54, 1.807) is 19.2 Å². The molecule has 0 heterocycles. The maximum atomic E-state index is 13.1. The van der Waals surface area contributed by atoms with Gasteiger partial charge < -0.3 is 5.32 Å². The number of hydrogen-bond acceptors (Lipinski definition) is 1. The first-order chi connectivity index (χ1) is 8.33. The molecule has 18 heavy (non-hydrogen) atoms. The third-order valence-corrected chi connectivity index (χ3v) is 3.26. The molecular formula is C12H14BrF4N. The van der Waals surface area contributed by atoms with Crippen LogP contribution in [0.3, 0.4) is 0 Å². The first-order valence-corrected chi connectivity index (χ1v) is 6.32. The van der Waals surface area contributed by atoms with E-state index in [9.17, 15) is 17.6 Å². The van der Waals surface area contributed by atoms with Crippen LogP contribution < -0.4 is 5.32 Å². The molecule has 1 N–H and O–H groups in total. The molecule has 0 amide bonds. The van der Waals surface area contributed by atoms with Gasteiger partial charge in [-0.15, -0.1) is 0 Å². The Morgan fingerprint density at radius 1 is 1.33 bits per heavy atom. The van der Waals surface area contributed by atoms with Crippen LogP contribution in [0.1, 0.15) is 30.9 Å². The van der Waals surface area contributed by atoms with Gasteiger partial charge in [-0.05, 0) is 53.5 Å². The molecule has 0 bridgehead atoms. The summed E-state index contributed by atoms with van der Waals surface area (Å²) in [6.07, 6.45) is -4.52. The number of hydrogen-bond donors (Lipinski definition) is 1. The maximum Gasteiger partial charge on any atom is 0.389 e. The molecule has 0 saturated heterocycles. The van der Waals surface area contributed by atoms with Gasteiger partial charge in [-0.2, -0.15) is 13.2 Å². The van der Waals surface area contributed by atoms with Crippen molar-refractivity contribution in [1.29, 1.82) is 0 Å². The van der Waals surface area contributed by atoms with Crippen LogP contribution in [0.4, 0.5) is 17.6 Å². The van der Waals surface area contributed by atoms with Gasteiger partial charge in [0.25, 0.3) is 0 Å². The van der Waals surface area contributed by atoms with Crippen molar-refractivity contribution in [2.75, 3.05) is 7.05 Å². The van der Waals surface area contributed by atoms with Crippen molar-refractivity contribution in [2.45, 2.75) is 31.5 Å².